The minimum Gasteiger partial charge on any atom is -0.383 e. The molecule has 0 spiro atoms. The Morgan fingerprint density at radius 3 is 2.06 bits per heavy atom. The van der Waals surface area contributed by atoms with Crippen LogP contribution in [0.3, 0.4) is 0 Å². The molecule has 1 N–H and O–H groups in total. The second-order valence-corrected chi connectivity index (χ2v) is 5.11. The molecule has 0 aliphatic heterocycles. The molecule has 0 fully saturated rings. The van der Waals surface area contributed by atoms with E-state index in [-0.39, 0.29) is 0 Å². The zero-order valence-electron chi connectivity index (χ0n) is 13.0. The second kappa shape index (κ2) is 13.3. The maximum absolute atomic E-state index is 5.32. The Morgan fingerprint density at radius 2 is 1.61 bits per heavy atom. The van der Waals surface area contributed by atoms with Gasteiger partial charge in [-0.25, -0.2) is 0 Å². The van der Waals surface area contributed by atoms with Crippen LogP contribution >= 0.6 is 0 Å². The van der Waals surface area contributed by atoms with Gasteiger partial charge in [0.2, 0.25) is 0 Å². The standard InChI is InChI=1S/C15H34N2O/c1-5-8-11-17(12-9-6-2)13-15(14-18-4)16-10-7-3/h15-16H,5-14H2,1-4H3. The second-order valence-electron chi connectivity index (χ2n) is 5.11. The molecule has 1 atom stereocenters. The van der Waals surface area contributed by atoms with E-state index in [1.807, 2.05) is 0 Å². The first-order valence-electron chi connectivity index (χ1n) is 7.73. The molecule has 0 rings (SSSR count). The van der Waals surface area contributed by atoms with Crippen LogP contribution < -0.4 is 5.32 Å². The summed E-state index contributed by atoms with van der Waals surface area (Å²) >= 11 is 0. The molecule has 0 heterocycles. The molecule has 0 saturated heterocycles. The Kier molecular flexibility index (Phi) is 13.2. The lowest BCUT2D eigenvalue weighted by Crippen LogP contribution is -2.44. The van der Waals surface area contributed by atoms with E-state index in [0.717, 1.165) is 19.7 Å². The summed E-state index contributed by atoms with van der Waals surface area (Å²) in [5, 5.41) is 3.59. The topological polar surface area (TPSA) is 24.5 Å². The first-order chi connectivity index (χ1) is 8.78. The summed E-state index contributed by atoms with van der Waals surface area (Å²) in [6.07, 6.45) is 6.35. The van der Waals surface area contributed by atoms with Gasteiger partial charge < -0.3 is 15.0 Å². The van der Waals surface area contributed by atoms with Crippen LogP contribution in [0.25, 0.3) is 0 Å². The monoisotopic (exact) mass is 258 g/mol. The van der Waals surface area contributed by atoms with Crippen molar-refractivity contribution in [3.8, 4) is 0 Å². The molecular weight excluding hydrogens is 224 g/mol. The number of nitrogens with zero attached hydrogens (tertiary/aromatic N) is 1. The lowest BCUT2D eigenvalue weighted by molar-refractivity contribution is 0.136. The van der Waals surface area contributed by atoms with Crippen LogP contribution in [0.5, 0.6) is 0 Å². The number of methoxy groups -OCH3 is 1. The molecule has 0 saturated carbocycles. The highest BCUT2D eigenvalue weighted by molar-refractivity contribution is 4.72. The van der Waals surface area contributed by atoms with Gasteiger partial charge in [0.05, 0.1) is 6.61 Å². The molecule has 1 unspecified atom stereocenters. The number of hydrogen-bond donors (Lipinski definition) is 1. The van der Waals surface area contributed by atoms with Crippen LogP contribution in [0.4, 0.5) is 0 Å². The van der Waals surface area contributed by atoms with E-state index < -0.39 is 0 Å². The van der Waals surface area contributed by atoms with E-state index >= 15 is 0 Å². The summed E-state index contributed by atoms with van der Waals surface area (Å²) in [6, 6.07) is 0.476. The van der Waals surface area contributed by atoms with Crippen molar-refractivity contribution in [1.29, 1.82) is 0 Å². The van der Waals surface area contributed by atoms with Gasteiger partial charge in [-0.2, -0.15) is 0 Å². The van der Waals surface area contributed by atoms with Gasteiger partial charge in [0.15, 0.2) is 0 Å². The predicted molar refractivity (Wildman–Crippen MR) is 80.2 cm³/mol. The van der Waals surface area contributed by atoms with Gasteiger partial charge in [-0.05, 0) is 38.9 Å². The third kappa shape index (κ3) is 9.86. The highest BCUT2D eigenvalue weighted by Gasteiger charge is 2.12. The lowest BCUT2D eigenvalue weighted by Gasteiger charge is -2.27. The number of nitrogens with one attached hydrogen (secondary N) is 1. The molecular formula is C15H34N2O. The van der Waals surface area contributed by atoms with Crippen molar-refractivity contribution >= 4 is 0 Å². The highest BCUT2D eigenvalue weighted by atomic mass is 16.5. The van der Waals surface area contributed by atoms with E-state index in [2.05, 4.69) is 31.0 Å². The van der Waals surface area contributed by atoms with Crippen molar-refractivity contribution in [2.45, 2.75) is 58.9 Å². The van der Waals surface area contributed by atoms with Gasteiger partial charge in [0.25, 0.3) is 0 Å². The molecule has 0 aromatic heterocycles. The van der Waals surface area contributed by atoms with E-state index in [1.54, 1.807) is 7.11 Å². The molecule has 0 amide bonds. The molecule has 3 heteroatoms. The quantitative estimate of drug-likeness (QED) is 0.550. The molecule has 0 radical (unpaired) electrons. The maximum atomic E-state index is 5.32. The van der Waals surface area contributed by atoms with Crippen molar-refractivity contribution in [2.24, 2.45) is 0 Å². The zero-order chi connectivity index (χ0) is 13.6. The minimum atomic E-state index is 0.476. The van der Waals surface area contributed by atoms with Gasteiger partial charge in [-0.15, -0.1) is 0 Å². The number of ether oxygens (including phenoxy) is 1. The summed E-state index contributed by atoms with van der Waals surface area (Å²) in [7, 11) is 1.79. The summed E-state index contributed by atoms with van der Waals surface area (Å²) < 4.78 is 5.32. The van der Waals surface area contributed by atoms with Crippen LogP contribution in [0.1, 0.15) is 52.9 Å². The molecule has 0 aromatic rings. The lowest BCUT2D eigenvalue weighted by atomic mass is 10.2. The van der Waals surface area contributed by atoms with Crippen LogP contribution in [0, 0.1) is 0 Å². The Balaban J connectivity index is 4.09. The summed E-state index contributed by atoms with van der Waals surface area (Å²) in [6.45, 7) is 12.2. The Labute approximate surface area is 114 Å². The predicted octanol–water partition coefficient (Wildman–Crippen LogP) is 2.90. The number of hydrogen-bond acceptors (Lipinski definition) is 3. The molecule has 0 aromatic carbocycles. The SMILES string of the molecule is CCCCN(CCCC)CC(COC)NCCC. The van der Waals surface area contributed by atoms with E-state index in [9.17, 15) is 0 Å². The molecule has 0 aliphatic rings. The Bertz CT molecular complexity index is 157. The Hall–Kier alpha value is -0.120. The summed E-state index contributed by atoms with van der Waals surface area (Å²) in [5.74, 6) is 0. The minimum absolute atomic E-state index is 0.476. The Morgan fingerprint density at radius 1 is 1.00 bits per heavy atom. The van der Waals surface area contributed by atoms with Crippen molar-refractivity contribution < 1.29 is 4.74 Å². The average molecular weight is 258 g/mol. The van der Waals surface area contributed by atoms with Crippen molar-refractivity contribution in [2.75, 3.05) is 39.9 Å². The van der Waals surface area contributed by atoms with Crippen LogP contribution in [-0.4, -0.2) is 50.8 Å². The largest absolute Gasteiger partial charge is 0.383 e. The average Bonchev–Trinajstić information content (AvgIpc) is 2.39. The fourth-order valence-electron chi connectivity index (χ4n) is 2.10. The van der Waals surface area contributed by atoms with Crippen molar-refractivity contribution in [3.05, 3.63) is 0 Å². The third-order valence-electron chi connectivity index (χ3n) is 3.19. The third-order valence-corrected chi connectivity index (χ3v) is 3.19. The van der Waals surface area contributed by atoms with Crippen molar-refractivity contribution in [1.82, 2.24) is 10.2 Å². The van der Waals surface area contributed by atoms with Gasteiger partial charge in [0.1, 0.15) is 0 Å². The fourth-order valence-corrected chi connectivity index (χ4v) is 2.10. The van der Waals surface area contributed by atoms with Gasteiger partial charge in [0, 0.05) is 19.7 Å². The first kappa shape index (κ1) is 17.9. The van der Waals surface area contributed by atoms with Gasteiger partial charge >= 0.3 is 0 Å². The fraction of sp³-hybridized carbons (Fsp3) is 1.00. The van der Waals surface area contributed by atoms with E-state index in [0.29, 0.717) is 6.04 Å². The summed E-state index contributed by atoms with van der Waals surface area (Å²) in [5.41, 5.74) is 0. The van der Waals surface area contributed by atoms with Crippen LogP contribution in [0.15, 0.2) is 0 Å². The molecule has 3 nitrogen and oxygen atoms in total. The molecule has 110 valence electrons. The molecule has 0 aliphatic carbocycles. The maximum Gasteiger partial charge on any atom is 0.0628 e. The normalized spacial score (nSPS) is 13.2. The number of rotatable bonds is 13. The zero-order valence-corrected chi connectivity index (χ0v) is 13.0. The van der Waals surface area contributed by atoms with E-state index in [4.69, 9.17) is 4.74 Å². The first-order valence-corrected chi connectivity index (χ1v) is 7.73. The van der Waals surface area contributed by atoms with E-state index in [1.165, 1.54) is 45.2 Å². The molecule has 18 heavy (non-hydrogen) atoms. The van der Waals surface area contributed by atoms with Crippen molar-refractivity contribution in [3.63, 3.8) is 0 Å². The number of unbranched alkanes of at least 4 members (excludes halogenated alkanes) is 2. The van der Waals surface area contributed by atoms with Gasteiger partial charge in [-0.3, -0.25) is 0 Å². The van der Waals surface area contributed by atoms with Crippen LogP contribution in [-0.2, 0) is 4.74 Å². The smallest absolute Gasteiger partial charge is 0.0628 e. The van der Waals surface area contributed by atoms with Gasteiger partial charge in [-0.1, -0.05) is 33.6 Å². The highest BCUT2D eigenvalue weighted by Crippen LogP contribution is 2.01. The van der Waals surface area contributed by atoms with Crippen LogP contribution in [0.2, 0.25) is 0 Å². The summed E-state index contributed by atoms with van der Waals surface area (Å²) in [4.78, 5) is 2.60. The molecule has 0 bridgehead atoms.